The number of nitrogens with zero attached hydrogens (tertiary/aromatic N) is 4. The van der Waals surface area contributed by atoms with Crippen molar-refractivity contribution in [3.63, 3.8) is 0 Å². The number of amides is 1. The zero-order valence-corrected chi connectivity index (χ0v) is 15.0. The highest BCUT2D eigenvalue weighted by Crippen LogP contribution is 2.51. The first kappa shape index (κ1) is 16.4. The first-order chi connectivity index (χ1) is 12.6. The number of rotatable bonds is 3. The highest BCUT2D eigenvalue weighted by molar-refractivity contribution is 6.12. The Balaban J connectivity index is 2.15. The lowest BCUT2D eigenvalue weighted by Crippen LogP contribution is -2.47. The van der Waals surface area contributed by atoms with Crippen molar-refractivity contribution < 1.29 is 4.79 Å². The van der Waals surface area contributed by atoms with Crippen LogP contribution in [-0.2, 0) is 10.2 Å². The molecule has 0 atom stereocenters. The standard InChI is InChI=1S/C21H20N4O/c1-15-5-4-6-18-19(15)21(16-7-11-22-12-8-16,17-9-13-23-14-10-17)20(26)25(18)24(2)3/h4-14H,1-3H3. The molecule has 26 heavy (non-hydrogen) atoms. The lowest BCUT2D eigenvalue weighted by Gasteiger charge is -2.32. The fourth-order valence-corrected chi connectivity index (χ4v) is 4.00. The predicted octanol–water partition coefficient (Wildman–Crippen LogP) is 2.94. The Labute approximate surface area is 152 Å². The van der Waals surface area contributed by atoms with Crippen molar-refractivity contribution in [2.75, 3.05) is 19.1 Å². The van der Waals surface area contributed by atoms with Crippen LogP contribution >= 0.6 is 0 Å². The number of carbonyl (C=O) groups is 1. The normalized spacial score (nSPS) is 15.4. The van der Waals surface area contributed by atoms with Gasteiger partial charge in [-0.15, -0.1) is 0 Å². The predicted molar refractivity (Wildman–Crippen MR) is 101 cm³/mol. The largest absolute Gasteiger partial charge is 0.271 e. The van der Waals surface area contributed by atoms with E-state index in [9.17, 15) is 4.79 Å². The second kappa shape index (κ2) is 6.04. The molecule has 1 aliphatic rings. The molecule has 1 aromatic carbocycles. The molecule has 0 radical (unpaired) electrons. The molecule has 0 bridgehead atoms. The van der Waals surface area contributed by atoms with Gasteiger partial charge in [-0.05, 0) is 53.9 Å². The molecular formula is C21H20N4O. The summed E-state index contributed by atoms with van der Waals surface area (Å²) in [6.45, 7) is 2.06. The maximum Gasteiger partial charge on any atom is 0.261 e. The van der Waals surface area contributed by atoms with Gasteiger partial charge in [-0.3, -0.25) is 14.8 Å². The zero-order chi connectivity index (χ0) is 18.3. The molecule has 0 unspecified atom stereocenters. The average molecular weight is 344 g/mol. The minimum atomic E-state index is -0.920. The highest BCUT2D eigenvalue weighted by Gasteiger charge is 2.55. The van der Waals surface area contributed by atoms with Crippen LogP contribution in [0.1, 0.15) is 22.3 Å². The van der Waals surface area contributed by atoms with E-state index >= 15 is 0 Å². The van der Waals surface area contributed by atoms with Crippen molar-refractivity contribution in [1.29, 1.82) is 0 Å². The van der Waals surface area contributed by atoms with Crippen molar-refractivity contribution in [2.45, 2.75) is 12.3 Å². The molecule has 130 valence electrons. The van der Waals surface area contributed by atoms with Crippen LogP contribution in [0.5, 0.6) is 0 Å². The van der Waals surface area contributed by atoms with Crippen molar-refractivity contribution in [1.82, 2.24) is 15.0 Å². The van der Waals surface area contributed by atoms with Gasteiger partial charge in [-0.1, -0.05) is 12.1 Å². The number of carbonyl (C=O) groups excluding carboxylic acids is 1. The van der Waals surface area contributed by atoms with Crippen LogP contribution in [0.3, 0.4) is 0 Å². The van der Waals surface area contributed by atoms with Crippen LogP contribution in [0, 0.1) is 6.92 Å². The van der Waals surface area contributed by atoms with Crippen LogP contribution in [0.4, 0.5) is 5.69 Å². The summed E-state index contributed by atoms with van der Waals surface area (Å²) in [5, 5.41) is 3.59. The lowest BCUT2D eigenvalue weighted by molar-refractivity contribution is -0.123. The van der Waals surface area contributed by atoms with E-state index in [1.807, 2.05) is 55.5 Å². The number of benzene rings is 1. The summed E-state index contributed by atoms with van der Waals surface area (Å²) < 4.78 is 0. The van der Waals surface area contributed by atoms with E-state index in [0.717, 1.165) is 27.9 Å². The Kier molecular flexibility index (Phi) is 3.81. The third-order valence-corrected chi connectivity index (χ3v) is 4.99. The Morgan fingerprint density at radius 1 is 0.885 bits per heavy atom. The van der Waals surface area contributed by atoms with Gasteiger partial charge in [-0.2, -0.15) is 0 Å². The number of hydrogen-bond donors (Lipinski definition) is 0. The fourth-order valence-electron chi connectivity index (χ4n) is 4.00. The van der Waals surface area contributed by atoms with Gasteiger partial charge in [0.15, 0.2) is 0 Å². The molecule has 3 aromatic rings. The summed E-state index contributed by atoms with van der Waals surface area (Å²) in [6, 6.07) is 13.8. The van der Waals surface area contributed by atoms with Crippen molar-refractivity contribution >= 4 is 11.6 Å². The molecule has 0 saturated carbocycles. The van der Waals surface area contributed by atoms with E-state index in [-0.39, 0.29) is 5.91 Å². The first-order valence-electron chi connectivity index (χ1n) is 8.51. The van der Waals surface area contributed by atoms with E-state index in [4.69, 9.17) is 0 Å². The molecule has 0 saturated heterocycles. The van der Waals surface area contributed by atoms with Crippen LogP contribution < -0.4 is 5.01 Å². The van der Waals surface area contributed by atoms with E-state index < -0.39 is 5.41 Å². The van der Waals surface area contributed by atoms with Gasteiger partial charge >= 0.3 is 0 Å². The molecule has 2 aromatic heterocycles. The number of hydrazine groups is 1. The minimum absolute atomic E-state index is 0.00389. The Morgan fingerprint density at radius 2 is 1.42 bits per heavy atom. The van der Waals surface area contributed by atoms with Crippen molar-refractivity contribution in [3.05, 3.63) is 89.5 Å². The van der Waals surface area contributed by atoms with Gasteiger partial charge < -0.3 is 0 Å². The summed E-state index contributed by atoms with van der Waals surface area (Å²) in [5.74, 6) is 0.00389. The van der Waals surface area contributed by atoms with Crippen LogP contribution in [0.25, 0.3) is 0 Å². The number of anilines is 1. The summed E-state index contributed by atoms with van der Waals surface area (Å²) in [6.07, 6.45) is 6.95. The van der Waals surface area contributed by atoms with Crippen molar-refractivity contribution in [2.24, 2.45) is 0 Å². The van der Waals surface area contributed by atoms with Gasteiger partial charge in [-0.25, -0.2) is 10.0 Å². The van der Waals surface area contributed by atoms with Gasteiger partial charge in [0.1, 0.15) is 5.41 Å². The number of aryl methyl sites for hydroxylation is 1. The van der Waals surface area contributed by atoms with E-state index in [0.29, 0.717) is 0 Å². The lowest BCUT2D eigenvalue weighted by atomic mass is 9.69. The molecule has 4 rings (SSSR count). The summed E-state index contributed by atoms with van der Waals surface area (Å²) in [5.41, 5.74) is 3.89. The third kappa shape index (κ3) is 2.10. The Bertz CT molecular complexity index is 915. The van der Waals surface area contributed by atoms with Gasteiger partial charge in [0, 0.05) is 44.4 Å². The first-order valence-corrected chi connectivity index (χ1v) is 8.51. The molecule has 5 nitrogen and oxygen atoms in total. The molecule has 0 spiro atoms. The summed E-state index contributed by atoms with van der Waals surface area (Å²) in [7, 11) is 3.78. The SMILES string of the molecule is Cc1cccc2c1C(c1ccncc1)(c1ccncc1)C(=O)N2N(C)C. The molecule has 0 fully saturated rings. The Hall–Kier alpha value is -3.05. The quantitative estimate of drug-likeness (QED) is 0.733. The maximum absolute atomic E-state index is 13.9. The van der Waals surface area contributed by atoms with Crippen LogP contribution in [-0.4, -0.2) is 35.0 Å². The second-order valence-electron chi connectivity index (χ2n) is 6.65. The third-order valence-electron chi connectivity index (χ3n) is 4.99. The van der Waals surface area contributed by atoms with Crippen molar-refractivity contribution in [3.8, 4) is 0 Å². The number of hydrogen-bond acceptors (Lipinski definition) is 4. The van der Waals surface area contributed by atoms with E-state index in [1.54, 1.807) is 29.8 Å². The maximum atomic E-state index is 13.9. The second-order valence-corrected chi connectivity index (χ2v) is 6.65. The molecule has 1 amide bonds. The molecule has 5 heteroatoms. The topological polar surface area (TPSA) is 49.3 Å². The molecule has 0 aliphatic carbocycles. The van der Waals surface area contributed by atoms with Crippen LogP contribution in [0.2, 0.25) is 0 Å². The summed E-state index contributed by atoms with van der Waals surface area (Å²) in [4.78, 5) is 22.2. The molecule has 3 heterocycles. The molecular weight excluding hydrogens is 324 g/mol. The Morgan fingerprint density at radius 3 is 1.92 bits per heavy atom. The molecule has 1 aliphatic heterocycles. The van der Waals surface area contributed by atoms with Crippen LogP contribution in [0.15, 0.2) is 67.3 Å². The average Bonchev–Trinajstić information content (AvgIpc) is 2.93. The number of fused-ring (bicyclic) bond motifs is 1. The molecule has 0 N–H and O–H groups in total. The fraction of sp³-hybridized carbons (Fsp3) is 0.190. The van der Waals surface area contributed by atoms with Gasteiger partial charge in [0.05, 0.1) is 5.69 Å². The van der Waals surface area contributed by atoms with Gasteiger partial charge in [0.25, 0.3) is 5.91 Å². The van der Waals surface area contributed by atoms with E-state index in [2.05, 4.69) is 23.0 Å². The van der Waals surface area contributed by atoms with Gasteiger partial charge in [0.2, 0.25) is 0 Å². The summed E-state index contributed by atoms with van der Waals surface area (Å²) >= 11 is 0. The highest BCUT2D eigenvalue weighted by atomic mass is 16.2. The van der Waals surface area contributed by atoms with E-state index in [1.165, 1.54) is 0 Å². The number of aromatic nitrogens is 2. The zero-order valence-electron chi connectivity index (χ0n) is 15.0. The smallest absolute Gasteiger partial charge is 0.261 e. The monoisotopic (exact) mass is 344 g/mol. The minimum Gasteiger partial charge on any atom is -0.271 e. The number of pyridine rings is 2.